The first-order chi connectivity index (χ1) is 13.1. The van der Waals surface area contributed by atoms with Crippen molar-refractivity contribution in [3.63, 3.8) is 0 Å². The van der Waals surface area contributed by atoms with Gasteiger partial charge in [0.25, 0.3) is 0 Å². The smallest absolute Gasteiger partial charge is 0.238 e. The molecule has 0 aliphatic rings. The number of amides is 1. The lowest BCUT2D eigenvalue weighted by Crippen LogP contribution is -2.29. The molecule has 150 valence electrons. The Kier molecular flexibility index (Phi) is 7.31. The molecule has 0 bridgehead atoms. The third-order valence-corrected chi connectivity index (χ3v) is 4.96. The number of benzene rings is 2. The quantitative estimate of drug-likeness (QED) is 0.439. The maximum Gasteiger partial charge on any atom is 0.238 e. The summed E-state index contributed by atoms with van der Waals surface area (Å²) in [6.07, 6.45) is 1.09. The summed E-state index contributed by atoms with van der Waals surface area (Å²) in [5, 5.41) is 5.02. The lowest BCUT2D eigenvalue weighted by molar-refractivity contribution is -0.120. The molecule has 28 heavy (non-hydrogen) atoms. The number of anilines is 1. The number of sulfonamides is 1. The molecule has 0 aromatic heterocycles. The van der Waals surface area contributed by atoms with Gasteiger partial charge in [0.15, 0.2) is 5.78 Å². The van der Waals surface area contributed by atoms with Gasteiger partial charge in [-0.1, -0.05) is 38.1 Å². The highest BCUT2D eigenvalue weighted by Gasteiger charge is 2.10. The van der Waals surface area contributed by atoms with Gasteiger partial charge in [-0.2, -0.15) is 0 Å². The fourth-order valence-electron chi connectivity index (χ4n) is 2.60. The van der Waals surface area contributed by atoms with Crippen LogP contribution in [-0.4, -0.2) is 20.1 Å². The summed E-state index contributed by atoms with van der Waals surface area (Å²) in [5.74, 6) is 0.109. The number of hydrazine groups is 1. The summed E-state index contributed by atoms with van der Waals surface area (Å²) in [6, 6.07) is 13.1. The predicted octanol–water partition coefficient (Wildman–Crippen LogP) is 2.64. The highest BCUT2D eigenvalue weighted by molar-refractivity contribution is 7.89. The molecule has 4 N–H and O–H groups in total. The van der Waals surface area contributed by atoms with Crippen molar-refractivity contribution in [2.24, 2.45) is 11.1 Å². The van der Waals surface area contributed by atoms with Crippen LogP contribution in [0, 0.1) is 5.92 Å². The number of nitrogens with two attached hydrogens (primary N) is 1. The van der Waals surface area contributed by atoms with Gasteiger partial charge in [-0.3, -0.25) is 20.4 Å². The molecule has 0 spiro atoms. The third kappa shape index (κ3) is 6.79. The number of ketones is 1. The van der Waals surface area contributed by atoms with E-state index in [0.29, 0.717) is 17.2 Å². The second kappa shape index (κ2) is 9.48. The van der Waals surface area contributed by atoms with Crippen molar-refractivity contribution in [1.82, 2.24) is 5.43 Å². The Morgan fingerprint density at radius 2 is 1.57 bits per heavy atom. The van der Waals surface area contributed by atoms with Crippen molar-refractivity contribution in [1.29, 1.82) is 0 Å². The van der Waals surface area contributed by atoms with Crippen LogP contribution in [0.3, 0.4) is 0 Å². The number of carbonyl (C=O) groups excluding carboxylic acids is 2. The molecule has 0 aliphatic carbocycles. The van der Waals surface area contributed by atoms with Crippen LogP contribution in [0.1, 0.15) is 42.6 Å². The molecule has 7 nitrogen and oxygen atoms in total. The molecule has 0 saturated carbocycles. The first-order valence-corrected chi connectivity index (χ1v) is 10.5. The van der Waals surface area contributed by atoms with Gasteiger partial charge < -0.3 is 0 Å². The van der Waals surface area contributed by atoms with E-state index < -0.39 is 10.0 Å². The van der Waals surface area contributed by atoms with Gasteiger partial charge in [0.2, 0.25) is 15.9 Å². The monoisotopic (exact) mass is 403 g/mol. The van der Waals surface area contributed by atoms with Crippen molar-refractivity contribution in [3.8, 4) is 0 Å². The highest BCUT2D eigenvalue weighted by Crippen LogP contribution is 2.13. The molecule has 0 aliphatic heterocycles. The average Bonchev–Trinajstić information content (AvgIpc) is 2.64. The summed E-state index contributed by atoms with van der Waals surface area (Å²) < 4.78 is 22.4. The van der Waals surface area contributed by atoms with Gasteiger partial charge in [-0.15, -0.1) is 0 Å². The third-order valence-electron chi connectivity index (χ3n) is 4.03. The average molecular weight is 404 g/mol. The number of Topliss-reactive ketones (excluding diaryl/α,β-unsaturated/α-hetero) is 1. The molecule has 8 heteroatoms. The predicted molar refractivity (Wildman–Crippen MR) is 108 cm³/mol. The van der Waals surface area contributed by atoms with E-state index in [1.165, 1.54) is 29.8 Å². The fraction of sp³-hybridized carbons (Fsp3) is 0.300. The lowest BCUT2D eigenvalue weighted by Gasteiger charge is -2.09. The molecule has 1 amide bonds. The molecular weight excluding hydrogens is 378 g/mol. The Balaban J connectivity index is 1.79. The van der Waals surface area contributed by atoms with Crippen molar-refractivity contribution in [2.45, 2.75) is 38.0 Å². The molecule has 2 aromatic rings. The molecule has 0 fully saturated rings. The van der Waals surface area contributed by atoms with E-state index in [1.54, 1.807) is 12.1 Å². The van der Waals surface area contributed by atoms with E-state index in [2.05, 4.69) is 24.7 Å². The van der Waals surface area contributed by atoms with Crippen LogP contribution < -0.4 is 16.0 Å². The van der Waals surface area contributed by atoms with Gasteiger partial charge in [0.1, 0.15) is 0 Å². The number of carbonyl (C=O) groups is 2. The van der Waals surface area contributed by atoms with Crippen molar-refractivity contribution < 1.29 is 18.0 Å². The number of rotatable bonds is 9. The summed E-state index contributed by atoms with van der Waals surface area (Å²) in [4.78, 5) is 24.1. The molecular formula is C20H25N3O4S. The van der Waals surface area contributed by atoms with E-state index in [0.717, 1.165) is 6.42 Å². The van der Waals surface area contributed by atoms with Gasteiger partial charge in [-0.25, -0.2) is 13.6 Å². The van der Waals surface area contributed by atoms with E-state index in [9.17, 15) is 18.0 Å². The molecule has 0 atom stereocenters. The van der Waals surface area contributed by atoms with Gasteiger partial charge in [0, 0.05) is 18.4 Å². The summed E-state index contributed by atoms with van der Waals surface area (Å²) in [7, 11) is -3.76. The maximum atomic E-state index is 12.2. The minimum Gasteiger partial charge on any atom is -0.299 e. The van der Waals surface area contributed by atoms with Crippen LogP contribution in [0.5, 0.6) is 0 Å². The first kappa shape index (κ1) is 21.6. The highest BCUT2D eigenvalue weighted by atomic mass is 32.2. The van der Waals surface area contributed by atoms with Crippen LogP contribution in [0.2, 0.25) is 0 Å². The Hall–Kier alpha value is -2.71. The first-order valence-electron chi connectivity index (χ1n) is 8.95. The molecule has 2 aromatic carbocycles. The van der Waals surface area contributed by atoms with Crippen LogP contribution in [-0.2, 0) is 21.2 Å². The van der Waals surface area contributed by atoms with Gasteiger partial charge >= 0.3 is 0 Å². The normalized spacial score (nSPS) is 11.3. The summed E-state index contributed by atoms with van der Waals surface area (Å²) in [5.41, 5.74) is 7.40. The SMILES string of the molecule is CC(C)Cc1ccc(C(=O)CCC(=O)NNc2ccc(S(N)(=O)=O)cc2)cc1. The van der Waals surface area contributed by atoms with Crippen LogP contribution in [0.25, 0.3) is 0 Å². The topological polar surface area (TPSA) is 118 Å². The van der Waals surface area contributed by atoms with Crippen LogP contribution in [0.15, 0.2) is 53.4 Å². The molecule has 0 radical (unpaired) electrons. The molecule has 0 saturated heterocycles. The fourth-order valence-corrected chi connectivity index (χ4v) is 3.12. The Labute approximate surface area is 165 Å². The van der Waals surface area contributed by atoms with Crippen molar-refractivity contribution in [3.05, 3.63) is 59.7 Å². The van der Waals surface area contributed by atoms with E-state index in [4.69, 9.17) is 5.14 Å². The van der Waals surface area contributed by atoms with Gasteiger partial charge in [-0.05, 0) is 42.2 Å². The van der Waals surface area contributed by atoms with Crippen LogP contribution in [0.4, 0.5) is 5.69 Å². The number of nitrogens with one attached hydrogen (secondary N) is 2. The Bertz CT molecular complexity index is 921. The maximum absolute atomic E-state index is 12.2. The van der Waals surface area contributed by atoms with E-state index in [-0.39, 0.29) is 29.4 Å². The van der Waals surface area contributed by atoms with Crippen molar-refractivity contribution >= 4 is 27.4 Å². The Morgan fingerprint density at radius 1 is 0.964 bits per heavy atom. The molecule has 2 rings (SSSR count). The lowest BCUT2D eigenvalue weighted by atomic mass is 9.99. The Morgan fingerprint density at radius 3 is 2.11 bits per heavy atom. The number of hydrogen-bond donors (Lipinski definition) is 3. The minimum absolute atomic E-state index is 0.0191. The zero-order valence-electron chi connectivity index (χ0n) is 15.9. The van der Waals surface area contributed by atoms with E-state index in [1.807, 2.05) is 12.1 Å². The molecule has 0 unspecified atom stereocenters. The van der Waals surface area contributed by atoms with Crippen LogP contribution >= 0.6 is 0 Å². The number of primary sulfonamides is 1. The second-order valence-electron chi connectivity index (χ2n) is 6.96. The summed E-state index contributed by atoms with van der Waals surface area (Å²) in [6.45, 7) is 4.28. The summed E-state index contributed by atoms with van der Waals surface area (Å²) >= 11 is 0. The zero-order chi connectivity index (χ0) is 20.7. The van der Waals surface area contributed by atoms with E-state index >= 15 is 0 Å². The van der Waals surface area contributed by atoms with Crippen molar-refractivity contribution in [2.75, 3.05) is 5.43 Å². The largest absolute Gasteiger partial charge is 0.299 e. The minimum atomic E-state index is -3.76. The number of hydrogen-bond acceptors (Lipinski definition) is 5. The molecule has 0 heterocycles. The van der Waals surface area contributed by atoms with Gasteiger partial charge in [0.05, 0.1) is 10.6 Å². The zero-order valence-corrected chi connectivity index (χ0v) is 16.8. The standard InChI is InChI=1S/C20H25N3O4S/c1-14(2)13-15-3-5-16(6-4-15)19(24)11-12-20(25)23-22-17-7-9-18(10-8-17)28(21,26)27/h3-10,14,22H,11-13H2,1-2H3,(H,23,25)(H2,21,26,27). The second-order valence-corrected chi connectivity index (χ2v) is 8.52.